The summed E-state index contributed by atoms with van der Waals surface area (Å²) < 4.78 is 36.7. The van der Waals surface area contributed by atoms with E-state index in [2.05, 4.69) is 5.32 Å². The van der Waals surface area contributed by atoms with E-state index in [1.54, 1.807) is 0 Å². The van der Waals surface area contributed by atoms with Crippen LogP contribution in [0, 0.1) is 5.41 Å². The van der Waals surface area contributed by atoms with Gasteiger partial charge in [-0.1, -0.05) is 20.8 Å². The van der Waals surface area contributed by atoms with Gasteiger partial charge in [-0.3, -0.25) is 4.79 Å². The van der Waals surface area contributed by atoms with E-state index in [-0.39, 0.29) is 16.9 Å². The van der Waals surface area contributed by atoms with Crippen LogP contribution in [0.1, 0.15) is 27.2 Å². The van der Waals surface area contributed by atoms with Crippen molar-refractivity contribution in [1.82, 2.24) is 10.2 Å². The van der Waals surface area contributed by atoms with Crippen LogP contribution in [-0.4, -0.2) is 47.8 Å². The van der Waals surface area contributed by atoms with Gasteiger partial charge in [-0.2, -0.15) is 13.2 Å². The molecule has 2 N–H and O–H groups in total. The molecule has 0 bridgehead atoms. The number of aliphatic carboxylic acids is 1. The first-order chi connectivity index (χ1) is 8.47. The van der Waals surface area contributed by atoms with Gasteiger partial charge in [0.1, 0.15) is 13.1 Å². The molecule has 2 amide bonds. The number of carboxylic acids is 1. The summed E-state index contributed by atoms with van der Waals surface area (Å²) in [5.41, 5.74) is -0.261. The van der Waals surface area contributed by atoms with Crippen molar-refractivity contribution < 1.29 is 27.9 Å². The molecule has 0 aromatic carbocycles. The van der Waals surface area contributed by atoms with Gasteiger partial charge < -0.3 is 15.3 Å². The van der Waals surface area contributed by atoms with Gasteiger partial charge in [0.25, 0.3) is 0 Å². The molecule has 112 valence electrons. The normalized spacial score (nSPS) is 12.1. The van der Waals surface area contributed by atoms with E-state index >= 15 is 0 Å². The number of nitrogens with one attached hydrogen (secondary N) is 1. The predicted molar refractivity (Wildman–Crippen MR) is 62.7 cm³/mol. The molecule has 0 aliphatic carbocycles. The number of carbonyl (C=O) groups is 2. The standard InChI is InChI=1S/C11H19F3N2O3/c1-4-10(2,3)6-15-9(19)16(5-8(17)18)7-11(12,13)14/h4-7H2,1-3H3,(H,15,19)(H,17,18). The Labute approximate surface area is 109 Å². The highest BCUT2D eigenvalue weighted by atomic mass is 19.4. The fourth-order valence-corrected chi connectivity index (χ4v) is 1.13. The van der Waals surface area contributed by atoms with E-state index in [9.17, 15) is 22.8 Å². The number of amides is 2. The topological polar surface area (TPSA) is 69.6 Å². The van der Waals surface area contributed by atoms with Crippen molar-refractivity contribution >= 4 is 12.0 Å². The van der Waals surface area contributed by atoms with Gasteiger partial charge in [-0.25, -0.2) is 4.79 Å². The second-order valence-electron chi connectivity index (χ2n) is 5.04. The Hall–Kier alpha value is -1.47. The minimum Gasteiger partial charge on any atom is -0.480 e. The van der Waals surface area contributed by atoms with Gasteiger partial charge in [0, 0.05) is 6.54 Å². The molecular formula is C11H19F3N2O3. The third kappa shape index (κ3) is 8.28. The van der Waals surface area contributed by atoms with Crippen molar-refractivity contribution in [2.45, 2.75) is 33.4 Å². The first-order valence-electron chi connectivity index (χ1n) is 5.78. The zero-order chi connectivity index (χ0) is 15.3. The van der Waals surface area contributed by atoms with E-state index in [1.165, 1.54) is 0 Å². The summed E-state index contributed by atoms with van der Waals surface area (Å²) in [5.74, 6) is -1.49. The molecule has 0 saturated carbocycles. The molecule has 0 aromatic heterocycles. The fraction of sp³-hybridized carbons (Fsp3) is 0.818. The number of nitrogens with zero attached hydrogens (tertiary/aromatic N) is 1. The molecule has 8 heteroatoms. The minimum absolute atomic E-state index is 0.177. The average Bonchev–Trinajstić information content (AvgIpc) is 2.22. The molecule has 19 heavy (non-hydrogen) atoms. The van der Waals surface area contributed by atoms with Crippen LogP contribution in [0.3, 0.4) is 0 Å². The highest BCUT2D eigenvalue weighted by Crippen LogP contribution is 2.19. The monoisotopic (exact) mass is 284 g/mol. The van der Waals surface area contributed by atoms with Crippen molar-refractivity contribution in [2.75, 3.05) is 19.6 Å². The first kappa shape index (κ1) is 17.5. The first-order valence-corrected chi connectivity index (χ1v) is 5.78. The van der Waals surface area contributed by atoms with Gasteiger partial charge in [0.15, 0.2) is 0 Å². The van der Waals surface area contributed by atoms with Crippen LogP contribution >= 0.6 is 0 Å². The van der Waals surface area contributed by atoms with Crippen molar-refractivity contribution in [3.8, 4) is 0 Å². The molecule has 0 aliphatic rings. The highest BCUT2D eigenvalue weighted by molar-refractivity contribution is 5.80. The lowest BCUT2D eigenvalue weighted by molar-refractivity contribution is -0.149. The molecule has 0 atom stereocenters. The van der Waals surface area contributed by atoms with Crippen LogP contribution < -0.4 is 5.32 Å². The van der Waals surface area contributed by atoms with Crippen LogP contribution in [-0.2, 0) is 4.79 Å². The molecule has 0 rings (SSSR count). The summed E-state index contributed by atoms with van der Waals surface area (Å²) in [6.07, 6.45) is -3.90. The second kappa shape index (κ2) is 6.63. The zero-order valence-electron chi connectivity index (χ0n) is 11.2. The molecule has 0 radical (unpaired) electrons. The van der Waals surface area contributed by atoms with Crippen molar-refractivity contribution in [2.24, 2.45) is 5.41 Å². The summed E-state index contributed by atoms with van der Waals surface area (Å²) in [7, 11) is 0. The molecular weight excluding hydrogens is 265 g/mol. The largest absolute Gasteiger partial charge is 0.480 e. The maximum absolute atomic E-state index is 12.2. The van der Waals surface area contributed by atoms with E-state index in [0.717, 1.165) is 6.42 Å². The average molecular weight is 284 g/mol. The molecule has 0 saturated heterocycles. The molecule has 0 fully saturated rings. The lowest BCUT2D eigenvalue weighted by Crippen LogP contribution is -2.48. The Kier molecular flexibility index (Phi) is 6.11. The Balaban J connectivity index is 4.59. The molecule has 0 heterocycles. The van der Waals surface area contributed by atoms with Crippen LogP contribution in [0.25, 0.3) is 0 Å². The Morgan fingerprint density at radius 1 is 1.26 bits per heavy atom. The molecule has 0 spiro atoms. The van der Waals surface area contributed by atoms with Gasteiger partial charge >= 0.3 is 18.2 Å². The maximum Gasteiger partial charge on any atom is 0.406 e. The highest BCUT2D eigenvalue weighted by Gasteiger charge is 2.34. The van der Waals surface area contributed by atoms with Gasteiger partial charge in [0.05, 0.1) is 0 Å². The lowest BCUT2D eigenvalue weighted by Gasteiger charge is -2.27. The third-order valence-corrected chi connectivity index (χ3v) is 2.66. The Morgan fingerprint density at radius 3 is 2.16 bits per heavy atom. The SMILES string of the molecule is CCC(C)(C)CNC(=O)N(CC(=O)O)CC(F)(F)F. The third-order valence-electron chi connectivity index (χ3n) is 2.66. The smallest absolute Gasteiger partial charge is 0.406 e. The van der Waals surface area contributed by atoms with Gasteiger partial charge in [0.2, 0.25) is 0 Å². The van der Waals surface area contributed by atoms with Crippen LogP contribution in [0.5, 0.6) is 0 Å². The number of hydrogen-bond acceptors (Lipinski definition) is 2. The molecule has 0 aliphatic heterocycles. The van der Waals surface area contributed by atoms with Crippen LogP contribution in [0.4, 0.5) is 18.0 Å². The molecule has 0 aromatic rings. The summed E-state index contributed by atoms with van der Waals surface area (Å²) in [6, 6.07) is -1.03. The van der Waals surface area contributed by atoms with Crippen LogP contribution in [0.2, 0.25) is 0 Å². The fourth-order valence-electron chi connectivity index (χ4n) is 1.13. The van der Waals surface area contributed by atoms with E-state index in [1.807, 2.05) is 20.8 Å². The molecule has 0 unspecified atom stereocenters. The predicted octanol–water partition coefficient (Wildman–Crippen LogP) is 2.08. The Morgan fingerprint density at radius 2 is 1.79 bits per heavy atom. The van der Waals surface area contributed by atoms with Crippen molar-refractivity contribution in [1.29, 1.82) is 0 Å². The number of alkyl halides is 3. The lowest BCUT2D eigenvalue weighted by atomic mass is 9.90. The van der Waals surface area contributed by atoms with Crippen molar-refractivity contribution in [3.05, 3.63) is 0 Å². The van der Waals surface area contributed by atoms with E-state index < -0.39 is 31.3 Å². The van der Waals surface area contributed by atoms with Gasteiger partial charge in [-0.15, -0.1) is 0 Å². The zero-order valence-corrected chi connectivity index (χ0v) is 11.2. The number of rotatable bonds is 6. The summed E-state index contributed by atoms with van der Waals surface area (Å²) in [4.78, 5) is 22.3. The molecule has 5 nitrogen and oxygen atoms in total. The number of urea groups is 1. The summed E-state index contributed by atoms with van der Waals surface area (Å²) >= 11 is 0. The number of hydrogen-bond donors (Lipinski definition) is 2. The number of carboxylic acid groups (broad SMARTS) is 1. The quantitative estimate of drug-likeness (QED) is 0.784. The van der Waals surface area contributed by atoms with Crippen LogP contribution in [0.15, 0.2) is 0 Å². The van der Waals surface area contributed by atoms with Crippen molar-refractivity contribution in [3.63, 3.8) is 0 Å². The summed E-state index contributed by atoms with van der Waals surface area (Å²) in [5, 5.41) is 10.8. The van der Waals surface area contributed by atoms with E-state index in [0.29, 0.717) is 0 Å². The number of halogens is 3. The number of carbonyl (C=O) groups excluding carboxylic acids is 1. The van der Waals surface area contributed by atoms with E-state index in [4.69, 9.17) is 5.11 Å². The summed E-state index contributed by atoms with van der Waals surface area (Å²) in [6.45, 7) is 3.18. The minimum atomic E-state index is -4.63. The second-order valence-corrected chi connectivity index (χ2v) is 5.04. The maximum atomic E-state index is 12.2. The van der Waals surface area contributed by atoms with Gasteiger partial charge in [-0.05, 0) is 11.8 Å². The Bertz CT molecular complexity index is 330.